The van der Waals surface area contributed by atoms with Gasteiger partial charge in [0.15, 0.2) is 0 Å². The van der Waals surface area contributed by atoms with Crippen LogP contribution in [0.1, 0.15) is 11.4 Å². The van der Waals surface area contributed by atoms with Gasteiger partial charge in [0.1, 0.15) is 5.82 Å². The molecule has 0 aliphatic rings. The second kappa shape index (κ2) is 6.07. The van der Waals surface area contributed by atoms with Crippen LogP contribution < -0.4 is 5.32 Å². The molecule has 23 heavy (non-hydrogen) atoms. The fourth-order valence-corrected chi connectivity index (χ4v) is 3.06. The average Bonchev–Trinajstić information content (AvgIpc) is 3.15. The summed E-state index contributed by atoms with van der Waals surface area (Å²) in [5.74, 6) is 0.932. The highest BCUT2D eigenvalue weighted by Gasteiger charge is 2.04. The molecule has 2 aromatic heterocycles. The minimum Gasteiger partial charge on any atom is -0.361 e. The predicted octanol–water partition coefficient (Wildman–Crippen LogP) is 4.03. The van der Waals surface area contributed by atoms with Crippen molar-refractivity contribution in [3.8, 4) is 0 Å². The monoisotopic (exact) mass is 324 g/mol. The molecule has 4 nitrogen and oxygen atoms in total. The Morgan fingerprint density at radius 1 is 1.09 bits per heavy atom. The number of nitrogens with zero attached hydrogens (tertiary/aromatic N) is 1. The van der Waals surface area contributed by atoms with Gasteiger partial charge in [0.05, 0.1) is 17.6 Å². The summed E-state index contributed by atoms with van der Waals surface area (Å²) in [5, 5.41) is 5.46. The Labute approximate surface area is 138 Å². The molecule has 5 heteroatoms. The van der Waals surface area contributed by atoms with Crippen LogP contribution in [-0.4, -0.2) is 21.5 Å². The zero-order chi connectivity index (χ0) is 15.6. The largest absolute Gasteiger partial charge is 0.361 e. The first kappa shape index (κ1) is 14.3. The van der Waals surface area contributed by atoms with Crippen molar-refractivity contribution in [2.24, 2.45) is 0 Å². The van der Waals surface area contributed by atoms with Crippen LogP contribution in [0, 0.1) is 0 Å². The molecule has 2 heterocycles. The van der Waals surface area contributed by atoms with Crippen LogP contribution in [0.25, 0.3) is 21.9 Å². The number of rotatable bonds is 5. The highest BCUT2D eigenvalue weighted by Crippen LogP contribution is 2.18. The lowest BCUT2D eigenvalue weighted by atomic mass is 10.1. The third-order valence-corrected chi connectivity index (χ3v) is 4.27. The van der Waals surface area contributed by atoms with Crippen LogP contribution in [0.5, 0.6) is 0 Å². The number of hydrogen-bond acceptors (Lipinski definition) is 2. The number of H-pyrrole nitrogens is 2. The maximum absolute atomic E-state index is 5.99. The van der Waals surface area contributed by atoms with E-state index < -0.39 is 0 Å². The lowest BCUT2D eigenvalue weighted by Crippen LogP contribution is -2.17. The maximum atomic E-state index is 5.99. The molecule has 0 atom stereocenters. The predicted molar refractivity (Wildman–Crippen MR) is 94.8 cm³/mol. The quantitative estimate of drug-likeness (QED) is 0.485. The second-order valence-electron chi connectivity index (χ2n) is 5.63. The summed E-state index contributed by atoms with van der Waals surface area (Å²) < 4.78 is 0. The number of aromatic amines is 2. The molecule has 0 saturated carbocycles. The molecule has 4 rings (SSSR count). The Morgan fingerprint density at radius 3 is 2.96 bits per heavy atom. The topological polar surface area (TPSA) is 56.5 Å². The number of benzene rings is 2. The molecule has 0 aliphatic heterocycles. The Hall–Kier alpha value is -2.30. The zero-order valence-corrected chi connectivity index (χ0v) is 13.3. The van der Waals surface area contributed by atoms with Gasteiger partial charge in [-0.2, -0.15) is 0 Å². The van der Waals surface area contributed by atoms with Crippen LogP contribution in [0.3, 0.4) is 0 Å². The molecule has 0 fully saturated rings. The van der Waals surface area contributed by atoms with Gasteiger partial charge in [-0.25, -0.2) is 4.98 Å². The first-order valence-corrected chi connectivity index (χ1v) is 8.07. The Bertz CT molecular complexity index is 954. The van der Waals surface area contributed by atoms with Gasteiger partial charge in [-0.15, -0.1) is 0 Å². The first-order chi connectivity index (χ1) is 11.3. The van der Waals surface area contributed by atoms with E-state index in [2.05, 4.69) is 50.7 Å². The van der Waals surface area contributed by atoms with Crippen molar-refractivity contribution < 1.29 is 0 Å². The van der Waals surface area contributed by atoms with E-state index >= 15 is 0 Å². The van der Waals surface area contributed by atoms with Crippen LogP contribution >= 0.6 is 11.6 Å². The fourth-order valence-electron chi connectivity index (χ4n) is 2.89. The molecular weight excluding hydrogens is 308 g/mol. The van der Waals surface area contributed by atoms with E-state index in [-0.39, 0.29) is 0 Å². The van der Waals surface area contributed by atoms with Gasteiger partial charge in [0.2, 0.25) is 0 Å². The van der Waals surface area contributed by atoms with Gasteiger partial charge in [0.25, 0.3) is 0 Å². The van der Waals surface area contributed by atoms with Gasteiger partial charge in [-0.3, -0.25) is 0 Å². The molecule has 0 aliphatic carbocycles. The highest BCUT2D eigenvalue weighted by molar-refractivity contribution is 6.31. The van der Waals surface area contributed by atoms with E-state index in [4.69, 9.17) is 11.6 Å². The van der Waals surface area contributed by atoms with E-state index in [1.165, 1.54) is 16.5 Å². The summed E-state index contributed by atoms with van der Waals surface area (Å²) in [4.78, 5) is 11.2. The van der Waals surface area contributed by atoms with Crippen molar-refractivity contribution >= 4 is 33.5 Å². The smallest absolute Gasteiger partial charge is 0.121 e. The minimum absolute atomic E-state index is 0.717. The van der Waals surface area contributed by atoms with E-state index in [9.17, 15) is 0 Å². The SMILES string of the molecule is Clc1ccc2nc(CNCCc3c[nH]c4ccccc34)[nH]c2c1. The molecule has 3 N–H and O–H groups in total. The molecule has 0 bridgehead atoms. The molecule has 0 saturated heterocycles. The van der Waals surface area contributed by atoms with Gasteiger partial charge in [-0.1, -0.05) is 29.8 Å². The molecule has 0 amide bonds. The van der Waals surface area contributed by atoms with Gasteiger partial charge in [-0.05, 0) is 42.8 Å². The highest BCUT2D eigenvalue weighted by atomic mass is 35.5. The summed E-state index contributed by atoms with van der Waals surface area (Å²) in [6.45, 7) is 1.62. The number of hydrogen-bond donors (Lipinski definition) is 3. The summed E-state index contributed by atoms with van der Waals surface area (Å²) in [6, 6.07) is 14.1. The van der Waals surface area contributed by atoms with Crippen LogP contribution in [0.15, 0.2) is 48.7 Å². The third kappa shape index (κ3) is 2.96. The van der Waals surface area contributed by atoms with Gasteiger partial charge in [0, 0.05) is 22.1 Å². The molecule has 0 unspecified atom stereocenters. The molecule has 4 aromatic rings. The van der Waals surface area contributed by atoms with Crippen molar-refractivity contribution in [2.45, 2.75) is 13.0 Å². The van der Waals surface area contributed by atoms with Crippen molar-refractivity contribution in [3.63, 3.8) is 0 Å². The number of fused-ring (bicyclic) bond motifs is 2. The number of aromatic nitrogens is 3. The minimum atomic E-state index is 0.717. The Morgan fingerprint density at radius 2 is 2.00 bits per heavy atom. The Balaban J connectivity index is 1.37. The summed E-state index contributed by atoms with van der Waals surface area (Å²) in [7, 11) is 0. The van der Waals surface area contributed by atoms with Crippen molar-refractivity contribution in [1.29, 1.82) is 0 Å². The van der Waals surface area contributed by atoms with Crippen molar-refractivity contribution in [2.75, 3.05) is 6.54 Å². The summed E-state index contributed by atoms with van der Waals surface area (Å²) >= 11 is 5.99. The second-order valence-corrected chi connectivity index (χ2v) is 6.07. The lowest BCUT2D eigenvalue weighted by molar-refractivity contribution is 0.667. The van der Waals surface area contributed by atoms with E-state index in [0.717, 1.165) is 34.8 Å². The maximum Gasteiger partial charge on any atom is 0.121 e. The molecule has 116 valence electrons. The van der Waals surface area contributed by atoms with Crippen molar-refractivity contribution in [3.05, 3.63) is 65.1 Å². The number of halogens is 1. The van der Waals surface area contributed by atoms with Gasteiger partial charge < -0.3 is 15.3 Å². The number of imidazole rings is 1. The number of para-hydroxylation sites is 1. The summed E-state index contributed by atoms with van der Waals surface area (Å²) in [5.41, 5.74) is 4.45. The normalized spacial score (nSPS) is 11.5. The fraction of sp³-hybridized carbons (Fsp3) is 0.167. The van der Waals surface area contributed by atoms with Crippen LogP contribution in [0.2, 0.25) is 5.02 Å². The molecular formula is C18H17ClN4. The lowest BCUT2D eigenvalue weighted by Gasteiger charge is -2.02. The number of nitrogens with one attached hydrogen (secondary N) is 3. The Kier molecular flexibility index (Phi) is 3.77. The molecule has 0 spiro atoms. The van der Waals surface area contributed by atoms with Crippen molar-refractivity contribution in [1.82, 2.24) is 20.3 Å². The summed E-state index contributed by atoms with van der Waals surface area (Å²) in [6.07, 6.45) is 3.08. The van der Waals surface area contributed by atoms with Gasteiger partial charge >= 0.3 is 0 Å². The molecule has 2 aromatic carbocycles. The zero-order valence-electron chi connectivity index (χ0n) is 12.6. The van der Waals surface area contributed by atoms with Crippen LogP contribution in [0.4, 0.5) is 0 Å². The first-order valence-electron chi connectivity index (χ1n) is 7.69. The van der Waals surface area contributed by atoms with Crippen LogP contribution in [-0.2, 0) is 13.0 Å². The van der Waals surface area contributed by atoms with E-state index in [0.29, 0.717) is 6.54 Å². The standard InChI is InChI=1S/C18H17ClN4/c19-13-5-6-16-17(9-13)23-18(22-16)11-20-8-7-12-10-21-15-4-2-1-3-14(12)15/h1-6,9-10,20-21H,7-8,11H2,(H,22,23). The third-order valence-electron chi connectivity index (χ3n) is 4.03. The average molecular weight is 325 g/mol. The van der Waals surface area contributed by atoms with E-state index in [1.807, 2.05) is 18.2 Å². The van der Waals surface area contributed by atoms with E-state index in [1.54, 1.807) is 0 Å². The molecule has 0 radical (unpaired) electrons.